The molecule has 0 saturated heterocycles. The second-order valence-corrected chi connectivity index (χ2v) is 2.91. The van der Waals surface area contributed by atoms with Gasteiger partial charge in [0.2, 0.25) is 0 Å². The molecule has 0 atom stereocenters. The first-order chi connectivity index (χ1) is 7.62. The Kier molecular flexibility index (Phi) is 3.04. The number of rotatable bonds is 0. The first kappa shape index (κ1) is 11.4. The van der Waals surface area contributed by atoms with E-state index in [4.69, 9.17) is 21.0 Å². The molecular weight excluding hydrogens is 208 g/mol. The summed E-state index contributed by atoms with van der Waals surface area (Å²) < 4.78 is 0. The van der Waals surface area contributed by atoms with Crippen molar-refractivity contribution in [3.63, 3.8) is 0 Å². The molecule has 6 heteroatoms. The van der Waals surface area contributed by atoms with Gasteiger partial charge in [0.15, 0.2) is 0 Å². The van der Waals surface area contributed by atoms with E-state index in [-0.39, 0.29) is 0 Å². The highest BCUT2D eigenvalue weighted by Crippen LogP contribution is 2.29. The van der Waals surface area contributed by atoms with Crippen LogP contribution in [0.25, 0.3) is 0 Å². The lowest BCUT2D eigenvalue weighted by atomic mass is 9.84. The van der Waals surface area contributed by atoms with Gasteiger partial charge >= 0.3 is 0 Å². The first-order valence-electron chi connectivity index (χ1n) is 4.07. The van der Waals surface area contributed by atoms with Crippen LogP contribution in [-0.4, -0.2) is 22.4 Å². The molecule has 0 aromatic rings. The molecule has 1 aliphatic rings. The van der Waals surface area contributed by atoms with Gasteiger partial charge in [0, 0.05) is 0 Å². The molecular formula is C10H4N4O2. The summed E-state index contributed by atoms with van der Waals surface area (Å²) in [6.45, 7) is 0. The van der Waals surface area contributed by atoms with Crippen LogP contribution in [0, 0.1) is 45.3 Å². The summed E-state index contributed by atoms with van der Waals surface area (Å²) in [7, 11) is 0. The van der Waals surface area contributed by atoms with Crippen molar-refractivity contribution in [2.24, 2.45) is 0 Å². The molecule has 0 aromatic heterocycles. The summed E-state index contributed by atoms with van der Waals surface area (Å²) in [5, 5.41) is 54.0. The van der Waals surface area contributed by atoms with Crippen LogP contribution in [0.5, 0.6) is 0 Å². The largest absolute Gasteiger partial charge is 0.382 e. The summed E-state index contributed by atoms with van der Waals surface area (Å²) in [6, 6.07) is 6.19. The predicted octanol–water partition coefficient (Wildman–Crippen LogP) is -0.591. The van der Waals surface area contributed by atoms with Crippen molar-refractivity contribution in [3.05, 3.63) is 22.3 Å². The minimum Gasteiger partial charge on any atom is -0.382 e. The average Bonchev–Trinajstić information content (AvgIpc) is 2.30. The van der Waals surface area contributed by atoms with Gasteiger partial charge in [-0.05, 0) is 0 Å². The number of nitrogens with zero attached hydrogens (tertiary/aromatic N) is 4. The zero-order chi connectivity index (χ0) is 12.3. The molecule has 0 fully saturated rings. The van der Waals surface area contributed by atoms with E-state index in [1.54, 1.807) is 24.3 Å². The van der Waals surface area contributed by atoms with Crippen LogP contribution in [-0.2, 0) is 0 Å². The molecule has 1 aliphatic carbocycles. The Morgan fingerprint density at radius 1 is 0.625 bits per heavy atom. The summed E-state index contributed by atoms with van der Waals surface area (Å²) in [6.07, 6.45) is -3.25. The van der Waals surface area contributed by atoms with Crippen LogP contribution in [0.1, 0.15) is 0 Å². The molecule has 0 aromatic carbocycles. The molecule has 1 rings (SSSR count). The van der Waals surface area contributed by atoms with Gasteiger partial charge in [-0.1, -0.05) is 0 Å². The minimum absolute atomic E-state index is 0.398. The summed E-state index contributed by atoms with van der Waals surface area (Å²) in [5.74, 6) is 0. The SMILES string of the molecule is N#CC1=C(C#N)C(O)C(C#N)=C(C#N)C1O. The van der Waals surface area contributed by atoms with Gasteiger partial charge in [0.05, 0.1) is 46.6 Å². The van der Waals surface area contributed by atoms with Crippen LogP contribution in [0.15, 0.2) is 22.3 Å². The van der Waals surface area contributed by atoms with E-state index in [0.717, 1.165) is 0 Å². The molecule has 0 aliphatic heterocycles. The maximum absolute atomic E-state index is 9.58. The highest BCUT2D eigenvalue weighted by molar-refractivity contribution is 5.60. The van der Waals surface area contributed by atoms with Gasteiger partial charge in [0.1, 0.15) is 12.2 Å². The molecule has 76 valence electrons. The van der Waals surface area contributed by atoms with Crippen LogP contribution in [0.3, 0.4) is 0 Å². The Bertz CT molecular complexity index is 460. The Morgan fingerprint density at radius 2 is 0.812 bits per heavy atom. The third-order valence-corrected chi connectivity index (χ3v) is 2.16. The van der Waals surface area contributed by atoms with E-state index in [2.05, 4.69) is 0 Å². The normalized spacial score (nSPS) is 24.1. The van der Waals surface area contributed by atoms with Crippen molar-refractivity contribution in [1.82, 2.24) is 0 Å². The number of aliphatic hydroxyl groups is 2. The zero-order valence-electron chi connectivity index (χ0n) is 7.84. The lowest BCUT2D eigenvalue weighted by Gasteiger charge is -2.21. The van der Waals surface area contributed by atoms with Gasteiger partial charge in [-0.3, -0.25) is 0 Å². The van der Waals surface area contributed by atoms with E-state index in [0.29, 0.717) is 0 Å². The molecule has 0 heterocycles. The molecule has 0 bridgehead atoms. The maximum Gasteiger partial charge on any atom is 0.126 e. The van der Waals surface area contributed by atoms with E-state index in [1.165, 1.54) is 0 Å². The van der Waals surface area contributed by atoms with Crippen molar-refractivity contribution < 1.29 is 10.2 Å². The molecule has 0 spiro atoms. The second-order valence-electron chi connectivity index (χ2n) is 2.91. The fourth-order valence-electron chi connectivity index (χ4n) is 1.36. The van der Waals surface area contributed by atoms with Crippen LogP contribution in [0.2, 0.25) is 0 Å². The molecule has 0 amide bonds. The number of hydrogen-bond acceptors (Lipinski definition) is 6. The average molecular weight is 212 g/mol. The van der Waals surface area contributed by atoms with Gasteiger partial charge in [-0.15, -0.1) is 0 Å². The van der Waals surface area contributed by atoms with Gasteiger partial charge in [0.25, 0.3) is 0 Å². The molecule has 0 saturated carbocycles. The number of hydrogen-bond donors (Lipinski definition) is 2. The second kappa shape index (κ2) is 4.26. The van der Waals surface area contributed by atoms with Crippen molar-refractivity contribution in [2.75, 3.05) is 0 Å². The van der Waals surface area contributed by atoms with E-state index in [1.807, 2.05) is 0 Å². The number of aliphatic hydroxyl groups excluding tert-OH is 2. The summed E-state index contributed by atoms with van der Waals surface area (Å²) in [5.41, 5.74) is -1.59. The quantitative estimate of drug-likeness (QED) is 0.550. The van der Waals surface area contributed by atoms with E-state index >= 15 is 0 Å². The Hall–Kier alpha value is -2.64. The van der Waals surface area contributed by atoms with Crippen molar-refractivity contribution in [1.29, 1.82) is 21.0 Å². The van der Waals surface area contributed by atoms with Crippen molar-refractivity contribution in [2.45, 2.75) is 12.2 Å². The minimum atomic E-state index is -1.62. The lowest BCUT2D eigenvalue weighted by molar-refractivity contribution is 0.216. The highest BCUT2D eigenvalue weighted by atomic mass is 16.3. The van der Waals surface area contributed by atoms with Crippen LogP contribution < -0.4 is 0 Å². The summed E-state index contributed by atoms with van der Waals surface area (Å²) in [4.78, 5) is 0. The molecule has 2 N–H and O–H groups in total. The van der Waals surface area contributed by atoms with Crippen molar-refractivity contribution >= 4 is 0 Å². The van der Waals surface area contributed by atoms with Gasteiger partial charge < -0.3 is 10.2 Å². The fraction of sp³-hybridized carbons (Fsp3) is 0.200. The van der Waals surface area contributed by atoms with Gasteiger partial charge in [-0.25, -0.2) is 0 Å². The van der Waals surface area contributed by atoms with Crippen LogP contribution >= 0.6 is 0 Å². The lowest BCUT2D eigenvalue weighted by Crippen LogP contribution is -2.28. The van der Waals surface area contributed by atoms with Gasteiger partial charge in [-0.2, -0.15) is 21.0 Å². The van der Waals surface area contributed by atoms with Crippen LogP contribution in [0.4, 0.5) is 0 Å². The summed E-state index contributed by atoms with van der Waals surface area (Å²) >= 11 is 0. The Balaban J connectivity index is 3.53. The molecule has 0 radical (unpaired) electrons. The Labute approximate surface area is 90.8 Å². The van der Waals surface area contributed by atoms with Crippen molar-refractivity contribution in [3.8, 4) is 24.3 Å². The monoisotopic (exact) mass is 212 g/mol. The fourth-order valence-corrected chi connectivity index (χ4v) is 1.36. The predicted molar refractivity (Wildman–Crippen MR) is 48.5 cm³/mol. The van der Waals surface area contributed by atoms with E-state index in [9.17, 15) is 10.2 Å². The smallest absolute Gasteiger partial charge is 0.126 e. The molecule has 16 heavy (non-hydrogen) atoms. The first-order valence-corrected chi connectivity index (χ1v) is 4.07. The molecule has 0 unspecified atom stereocenters. The van der Waals surface area contributed by atoms with E-state index < -0.39 is 34.5 Å². The standard InChI is InChI=1S/C10H4N4O2/c11-1-5-6(2-12)10(16)8(4-14)7(3-13)9(5)15/h9-10,15-16H. The highest BCUT2D eigenvalue weighted by Gasteiger charge is 2.35. The third-order valence-electron chi connectivity index (χ3n) is 2.16. The zero-order valence-corrected chi connectivity index (χ0v) is 7.84. The maximum atomic E-state index is 9.58. The third kappa shape index (κ3) is 1.41. The topological polar surface area (TPSA) is 136 Å². The number of nitriles is 4. The Morgan fingerprint density at radius 3 is 0.938 bits per heavy atom. The molecule has 6 nitrogen and oxygen atoms in total.